The average molecular weight is 201 g/mol. The van der Waals surface area contributed by atoms with Crippen LogP contribution in [0.1, 0.15) is 18.0 Å². The summed E-state index contributed by atoms with van der Waals surface area (Å²) < 4.78 is 31.3. The van der Waals surface area contributed by atoms with Gasteiger partial charge in [0.1, 0.15) is 5.75 Å². The number of hydrogen-bond acceptors (Lipinski definition) is 3. The Hall–Kier alpha value is -1.36. The largest absolute Gasteiger partial charge is 0.503 e. The normalized spacial score (nSPS) is 20.1. The highest BCUT2D eigenvalue weighted by molar-refractivity contribution is 5.45. The number of nitrogens with two attached hydrogens (primary N) is 1. The van der Waals surface area contributed by atoms with E-state index in [-0.39, 0.29) is 11.3 Å². The molecule has 0 spiro atoms. The Morgan fingerprint density at radius 3 is 2.93 bits per heavy atom. The first-order valence-electron chi connectivity index (χ1n) is 4.20. The summed E-state index contributed by atoms with van der Waals surface area (Å²) in [5, 5.41) is 9.02. The van der Waals surface area contributed by atoms with E-state index in [4.69, 9.17) is 15.6 Å². The van der Waals surface area contributed by atoms with Crippen molar-refractivity contribution in [3.05, 3.63) is 23.3 Å². The van der Waals surface area contributed by atoms with Crippen LogP contribution in [0.5, 0.6) is 11.5 Å². The Kier molecular flexibility index (Phi) is 2.03. The van der Waals surface area contributed by atoms with Crippen LogP contribution in [0.2, 0.25) is 0 Å². The number of phenolic OH excluding ortho intramolecular Hbond substituents is 1. The van der Waals surface area contributed by atoms with Gasteiger partial charge in [-0.15, -0.1) is 0 Å². The number of rotatable bonds is 0. The van der Waals surface area contributed by atoms with Gasteiger partial charge in [0.05, 0.1) is 12.2 Å². The number of benzene rings is 1. The van der Waals surface area contributed by atoms with Crippen molar-refractivity contribution in [2.24, 2.45) is 5.73 Å². The fourth-order valence-corrected chi connectivity index (χ4v) is 1.51. The van der Waals surface area contributed by atoms with E-state index in [2.05, 4.69) is 0 Å². The van der Waals surface area contributed by atoms with Gasteiger partial charge in [-0.3, -0.25) is 0 Å². The van der Waals surface area contributed by atoms with Crippen LogP contribution >= 0.6 is 0 Å². The van der Waals surface area contributed by atoms with E-state index in [0.29, 0.717) is 13.0 Å². The minimum atomic E-state index is -1.03. The molecule has 0 unspecified atom stereocenters. The number of phenols is 1. The molecule has 0 bridgehead atoms. The van der Waals surface area contributed by atoms with Crippen molar-refractivity contribution >= 4 is 0 Å². The van der Waals surface area contributed by atoms with E-state index in [9.17, 15) is 8.78 Å². The molecule has 5 heteroatoms. The zero-order valence-electron chi connectivity index (χ0n) is 7.26. The molecule has 0 aromatic heterocycles. The number of aromatic hydroxyl groups is 1. The maximum atomic E-state index is 13.3. The molecule has 2 rings (SSSR count). The van der Waals surface area contributed by atoms with Crippen LogP contribution in [-0.4, -0.2) is 11.7 Å². The number of fused-ring (bicyclic) bond motifs is 1. The van der Waals surface area contributed by atoms with Crippen molar-refractivity contribution < 1.29 is 18.6 Å². The SMILES string of the molecule is N[C@H]1CCOc2cc(F)c(O)c(F)c21. The second-order valence-electron chi connectivity index (χ2n) is 3.18. The molecule has 0 amide bonds. The zero-order valence-corrected chi connectivity index (χ0v) is 7.26. The summed E-state index contributed by atoms with van der Waals surface area (Å²) in [6.07, 6.45) is 0.453. The molecule has 0 saturated carbocycles. The molecule has 0 aliphatic carbocycles. The molecule has 1 aromatic rings. The molecule has 14 heavy (non-hydrogen) atoms. The van der Waals surface area contributed by atoms with Crippen LogP contribution in [0.15, 0.2) is 6.07 Å². The molecule has 1 atom stereocenters. The lowest BCUT2D eigenvalue weighted by Crippen LogP contribution is -2.22. The summed E-state index contributed by atoms with van der Waals surface area (Å²) in [5.41, 5.74) is 5.66. The quantitative estimate of drug-likeness (QED) is 0.668. The van der Waals surface area contributed by atoms with Crippen molar-refractivity contribution in [2.75, 3.05) is 6.61 Å². The van der Waals surface area contributed by atoms with Crippen LogP contribution in [0.25, 0.3) is 0 Å². The van der Waals surface area contributed by atoms with Crippen LogP contribution in [0, 0.1) is 11.6 Å². The molecular formula is C9H9F2NO2. The first-order valence-corrected chi connectivity index (χ1v) is 4.20. The molecule has 0 saturated heterocycles. The minimum absolute atomic E-state index is 0.0511. The highest BCUT2D eigenvalue weighted by Crippen LogP contribution is 2.38. The predicted molar refractivity (Wildman–Crippen MR) is 45.1 cm³/mol. The van der Waals surface area contributed by atoms with E-state index in [1.54, 1.807) is 0 Å². The van der Waals surface area contributed by atoms with Crippen molar-refractivity contribution in [3.63, 3.8) is 0 Å². The fraction of sp³-hybridized carbons (Fsp3) is 0.333. The lowest BCUT2D eigenvalue weighted by atomic mass is 10.0. The summed E-state index contributed by atoms with van der Waals surface area (Å²) in [7, 11) is 0. The second-order valence-corrected chi connectivity index (χ2v) is 3.18. The fourth-order valence-electron chi connectivity index (χ4n) is 1.51. The standard InChI is InChI=1S/C9H9F2NO2/c10-4-3-6-7(8(11)9(4)13)5(12)1-2-14-6/h3,5,13H,1-2,12H2/t5-/m0/s1. The van der Waals surface area contributed by atoms with Gasteiger partial charge in [0.15, 0.2) is 17.4 Å². The smallest absolute Gasteiger partial charge is 0.188 e. The number of ether oxygens (including phenoxy) is 1. The average Bonchev–Trinajstić information content (AvgIpc) is 2.14. The molecule has 0 radical (unpaired) electrons. The summed E-state index contributed by atoms with van der Waals surface area (Å²) in [6.45, 7) is 0.331. The highest BCUT2D eigenvalue weighted by atomic mass is 19.1. The molecular weight excluding hydrogens is 192 g/mol. The third kappa shape index (κ3) is 1.21. The molecule has 3 nitrogen and oxygen atoms in total. The Bertz CT molecular complexity index is 382. The van der Waals surface area contributed by atoms with Crippen molar-refractivity contribution in [1.82, 2.24) is 0 Å². The third-order valence-electron chi connectivity index (χ3n) is 2.25. The van der Waals surface area contributed by atoms with Crippen LogP contribution in [-0.2, 0) is 0 Å². The minimum Gasteiger partial charge on any atom is -0.503 e. The first-order chi connectivity index (χ1) is 6.61. The van der Waals surface area contributed by atoms with E-state index < -0.39 is 23.4 Å². The topological polar surface area (TPSA) is 55.5 Å². The van der Waals surface area contributed by atoms with Gasteiger partial charge in [-0.2, -0.15) is 0 Å². The Labute approximate surface area is 79.1 Å². The summed E-state index contributed by atoms with van der Waals surface area (Å²) >= 11 is 0. The van der Waals surface area contributed by atoms with E-state index in [1.165, 1.54) is 0 Å². The lowest BCUT2D eigenvalue weighted by molar-refractivity contribution is 0.257. The van der Waals surface area contributed by atoms with Gasteiger partial charge in [-0.05, 0) is 0 Å². The number of halogens is 2. The van der Waals surface area contributed by atoms with Gasteiger partial charge < -0.3 is 15.6 Å². The molecule has 1 heterocycles. The first kappa shape index (κ1) is 9.21. The lowest BCUT2D eigenvalue weighted by Gasteiger charge is -2.23. The maximum absolute atomic E-state index is 13.3. The van der Waals surface area contributed by atoms with Crippen molar-refractivity contribution in [3.8, 4) is 11.5 Å². The molecule has 1 aliphatic heterocycles. The van der Waals surface area contributed by atoms with Gasteiger partial charge in [-0.25, -0.2) is 8.78 Å². The third-order valence-corrected chi connectivity index (χ3v) is 2.25. The van der Waals surface area contributed by atoms with Gasteiger partial charge in [0, 0.05) is 18.5 Å². The monoisotopic (exact) mass is 201 g/mol. The summed E-state index contributed by atoms with van der Waals surface area (Å²) in [4.78, 5) is 0. The molecule has 1 aliphatic rings. The summed E-state index contributed by atoms with van der Waals surface area (Å²) in [6, 6.07) is 0.400. The molecule has 0 fully saturated rings. The molecule has 76 valence electrons. The van der Waals surface area contributed by atoms with E-state index in [1.807, 2.05) is 0 Å². The van der Waals surface area contributed by atoms with Crippen molar-refractivity contribution in [1.29, 1.82) is 0 Å². The second kappa shape index (κ2) is 3.09. The van der Waals surface area contributed by atoms with Gasteiger partial charge in [-0.1, -0.05) is 0 Å². The molecule has 3 N–H and O–H groups in total. The Balaban J connectivity index is 2.64. The van der Waals surface area contributed by atoms with Crippen LogP contribution < -0.4 is 10.5 Å². The Morgan fingerprint density at radius 1 is 1.50 bits per heavy atom. The van der Waals surface area contributed by atoms with Gasteiger partial charge in [0.2, 0.25) is 0 Å². The van der Waals surface area contributed by atoms with Crippen molar-refractivity contribution in [2.45, 2.75) is 12.5 Å². The van der Waals surface area contributed by atoms with E-state index >= 15 is 0 Å². The Morgan fingerprint density at radius 2 is 2.21 bits per heavy atom. The molecule has 1 aromatic carbocycles. The van der Waals surface area contributed by atoms with E-state index in [0.717, 1.165) is 6.07 Å². The zero-order chi connectivity index (χ0) is 10.3. The van der Waals surface area contributed by atoms with Gasteiger partial charge in [0.25, 0.3) is 0 Å². The van der Waals surface area contributed by atoms with Gasteiger partial charge >= 0.3 is 0 Å². The van der Waals surface area contributed by atoms with Crippen LogP contribution in [0.4, 0.5) is 8.78 Å². The summed E-state index contributed by atoms with van der Waals surface area (Å²) in [5.74, 6) is -2.97. The maximum Gasteiger partial charge on any atom is 0.188 e. The predicted octanol–water partition coefficient (Wildman–Crippen LogP) is 1.45. The highest BCUT2D eigenvalue weighted by Gasteiger charge is 2.26. The number of hydrogen-bond donors (Lipinski definition) is 2. The van der Waals surface area contributed by atoms with Crippen LogP contribution in [0.3, 0.4) is 0 Å².